The quantitative estimate of drug-likeness (QED) is 0.915. The van der Waals surface area contributed by atoms with Crippen LogP contribution in [0.4, 0.5) is 0 Å². The molecule has 0 unspecified atom stereocenters. The summed E-state index contributed by atoms with van der Waals surface area (Å²) in [5, 5.41) is 3.92. The van der Waals surface area contributed by atoms with Crippen LogP contribution in [-0.2, 0) is 4.74 Å². The first kappa shape index (κ1) is 12.1. The largest absolute Gasteiger partial charge is 0.376 e. The monoisotopic (exact) mass is 256 g/mol. The molecule has 4 heteroatoms. The Kier molecular flexibility index (Phi) is 3.42. The molecule has 1 aromatic carbocycles. The van der Waals surface area contributed by atoms with Crippen LogP contribution in [0.5, 0.6) is 0 Å². The third kappa shape index (κ3) is 2.74. The van der Waals surface area contributed by atoms with Crippen molar-refractivity contribution in [3.05, 3.63) is 42.1 Å². The van der Waals surface area contributed by atoms with E-state index >= 15 is 0 Å². The van der Waals surface area contributed by atoms with Gasteiger partial charge in [0.25, 0.3) is 5.91 Å². The van der Waals surface area contributed by atoms with E-state index in [1.807, 2.05) is 30.3 Å². The molecule has 1 aliphatic heterocycles. The second-order valence-electron chi connectivity index (χ2n) is 4.73. The minimum Gasteiger partial charge on any atom is -0.376 e. The average molecular weight is 256 g/mol. The number of ether oxygens (including phenoxy) is 1. The van der Waals surface area contributed by atoms with E-state index < -0.39 is 0 Å². The lowest BCUT2D eigenvalue weighted by Crippen LogP contribution is -2.32. The van der Waals surface area contributed by atoms with Crippen LogP contribution in [0, 0.1) is 0 Å². The third-order valence-electron chi connectivity index (χ3n) is 3.35. The number of carbonyl (C=O) groups excluding carboxylic acids is 1. The van der Waals surface area contributed by atoms with Gasteiger partial charge >= 0.3 is 0 Å². The smallest absolute Gasteiger partial charge is 0.269 e. The predicted molar refractivity (Wildman–Crippen MR) is 73.1 cm³/mol. The summed E-state index contributed by atoms with van der Waals surface area (Å²) in [4.78, 5) is 16.4. The molecule has 1 atom stereocenters. The zero-order valence-corrected chi connectivity index (χ0v) is 10.6. The molecule has 2 heterocycles. The van der Waals surface area contributed by atoms with Crippen LogP contribution >= 0.6 is 0 Å². The van der Waals surface area contributed by atoms with Crippen molar-refractivity contribution in [1.82, 2.24) is 10.3 Å². The van der Waals surface area contributed by atoms with Crippen molar-refractivity contribution in [3.8, 4) is 0 Å². The first-order chi connectivity index (χ1) is 9.33. The summed E-state index contributed by atoms with van der Waals surface area (Å²) in [6, 6.07) is 11.4. The summed E-state index contributed by atoms with van der Waals surface area (Å²) in [6.45, 7) is 1.36. The summed E-state index contributed by atoms with van der Waals surface area (Å²) in [7, 11) is 0. The number of hydrogen-bond donors (Lipinski definition) is 1. The molecule has 0 bridgehead atoms. The van der Waals surface area contributed by atoms with Crippen LogP contribution < -0.4 is 5.32 Å². The number of nitrogens with zero attached hydrogens (tertiary/aromatic N) is 1. The van der Waals surface area contributed by atoms with Gasteiger partial charge in [-0.15, -0.1) is 0 Å². The van der Waals surface area contributed by atoms with Crippen molar-refractivity contribution in [2.24, 2.45) is 0 Å². The predicted octanol–water partition coefficient (Wildman–Crippen LogP) is 2.14. The number of carbonyl (C=O) groups is 1. The van der Waals surface area contributed by atoms with Crippen LogP contribution in [-0.4, -0.2) is 30.1 Å². The second-order valence-corrected chi connectivity index (χ2v) is 4.73. The normalized spacial score (nSPS) is 18.6. The van der Waals surface area contributed by atoms with E-state index in [9.17, 15) is 4.79 Å². The minimum absolute atomic E-state index is 0.138. The van der Waals surface area contributed by atoms with E-state index in [0.29, 0.717) is 12.2 Å². The van der Waals surface area contributed by atoms with Gasteiger partial charge in [-0.25, -0.2) is 4.98 Å². The highest BCUT2D eigenvalue weighted by Crippen LogP contribution is 2.13. The van der Waals surface area contributed by atoms with E-state index in [0.717, 1.165) is 30.4 Å². The molecule has 1 fully saturated rings. The maximum Gasteiger partial charge on any atom is 0.269 e. The third-order valence-corrected chi connectivity index (χ3v) is 3.35. The fourth-order valence-corrected chi connectivity index (χ4v) is 2.29. The molecule has 98 valence electrons. The fourth-order valence-electron chi connectivity index (χ4n) is 2.29. The van der Waals surface area contributed by atoms with Gasteiger partial charge < -0.3 is 10.1 Å². The standard InChI is InChI=1S/C15H16N2O2/c18-15(16-10-12-5-3-9-19-12)14-8-7-11-4-1-2-6-13(11)17-14/h1-2,4,6-8,12H,3,5,9-10H2,(H,16,18)/t12-/m0/s1. The number of para-hydroxylation sites is 1. The Morgan fingerprint density at radius 2 is 2.21 bits per heavy atom. The van der Waals surface area contributed by atoms with E-state index in [1.165, 1.54) is 0 Å². The number of fused-ring (bicyclic) bond motifs is 1. The Balaban J connectivity index is 1.70. The van der Waals surface area contributed by atoms with E-state index in [4.69, 9.17) is 4.74 Å². The van der Waals surface area contributed by atoms with Gasteiger partial charge in [-0.3, -0.25) is 4.79 Å². The Morgan fingerprint density at radius 1 is 1.32 bits per heavy atom. The Bertz CT molecular complexity index is 591. The van der Waals surface area contributed by atoms with Gasteiger partial charge in [0.2, 0.25) is 0 Å². The molecule has 1 saturated heterocycles. The van der Waals surface area contributed by atoms with Gasteiger partial charge in [-0.05, 0) is 25.0 Å². The molecule has 1 aromatic heterocycles. The highest BCUT2D eigenvalue weighted by Gasteiger charge is 2.17. The summed E-state index contributed by atoms with van der Waals surface area (Å²) in [5.41, 5.74) is 1.30. The van der Waals surface area contributed by atoms with Crippen molar-refractivity contribution in [3.63, 3.8) is 0 Å². The molecule has 1 aliphatic rings. The maximum atomic E-state index is 12.0. The van der Waals surface area contributed by atoms with Crippen LogP contribution in [0.3, 0.4) is 0 Å². The number of nitrogens with one attached hydrogen (secondary N) is 1. The molecular weight excluding hydrogens is 240 g/mol. The van der Waals surface area contributed by atoms with Crippen molar-refractivity contribution >= 4 is 16.8 Å². The molecule has 1 N–H and O–H groups in total. The summed E-state index contributed by atoms with van der Waals surface area (Å²) < 4.78 is 5.47. The van der Waals surface area contributed by atoms with Crippen molar-refractivity contribution < 1.29 is 9.53 Å². The Morgan fingerprint density at radius 3 is 3.05 bits per heavy atom. The first-order valence-corrected chi connectivity index (χ1v) is 6.58. The molecule has 4 nitrogen and oxygen atoms in total. The van der Waals surface area contributed by atoms with Gasteiger partial charge in [-0.2, -0.15) is 0 Å². The number of pyridine rings is 1. The van der Waals surface area contributed by atoms with Gasteiger partial charge in [-0.1, -0.05) is 24.3 Å². The fraction of sp³-hybridized carbons (Fsp3) is 0.333. The number of rotatable bonds is 3. The van der Waals surface area contributed by atoms with Crippen LogP contribution in [0.25, 0.3) is 10.9 Å². The number of benzene rings is 1. The molecule has 3 rings (SSSR count). The van der Waals surface area contributed by atoms with E-state index in [1.54, 1.807) is 6.07 Å². The molecule has 2 aromatic rings. The minimum atomic E-state index is -0.138. The summed E-state index contributed by atoms with van der Waals surface area (Å²) >= 11 is 0. The second kappa shape index (κ2) is 5.36. The molecule has 0 spiro atoms. The molecule has 0 saturated carbocycles. The highest BCUT2D eigenvalue weighted by molar-refractivity contribution is 5.94. The van der Waals surface area contributed by atoms with Crippen LogP contribution in [0.1, 0.15) is 23.3 Å². The van der Waals surface area contributed by atoms with E-state index in [2.05, 4.69) is 10.3 Å². The summed E-state index contributed by atoms with van der Waals surface area (Å²) in [6.07, 6.45) is 2.25. The zero-order chi connectivity index (χ0) is 13.1. The SMILES string of the molecule is O=C(NC[C@@H]1CCCO1)c1ccc2ccccc2n1. The highest BCUT2D eigenvalue weighted by atomic mass is 16.5. The average Bonchev–Trinajstić information content (AvgIpc) is 2.97. The molecule has 0 aliphatic carbocycles. The number of amides is 1. The Labute approximate surface area is 111 Å². The lowest BCUT2D eigenvalue weighted by molar-refractivity contribution is 0.0854. The summed E-state index contributed by atoms with van der Waals surface area (Å²) in [5.74, 6) is -0.138. The van der Waals surface area contributed by atoms with Gasteiger partial charge in [0, 0.05) is 18.5 Å². The van der Waals surface area contributed by atoms with Crippen LogP contribution in [0.15, 0.2) is 36.4 Å². The lowest BCUT2D eigenvalue weighted by atomic mass is 10.2. The van der Waals surface area contributed by atoms with Gasteiger partial charge in [0.1, 0.15) is 5.69 Å². The molecule has 0 radical (unpaired) electrons. The zero-order valence-electron chi connectivity index (χ0n) is 10.6. The van der Waals surface area contributed by atoms with Crippen molar-refractivity contribution in [2.45, 2.75) is 18.9 Å². The van der Waals surface area contributed by atoms with E-state index in [-0.39, 0.29) is 12.0 Å². The first-order valence-electron chi connectivity index (χ1n) is 6.58. The number of aromatic nitrogens is 1. The van der Waals surface area contributed by atoms with Crippen LogP contribution in [0.2, 0.25) is 0 Å². The van der Waals surface area contributed by atoms with Gasteiger partial charge in [0.05, 0.1) is 11.6 Å². The molecule has 1 amide bonds. The maximum absolute atomic E-state index is 12.0. The molecule has 19 heavy (non-hydrogen) atoms. The number of hydrogen-bond acceptors (Lipinski definition) is 3. The Hall–Kier alpha value is -1.94. The molecular formula is C15H16N2O2. The topological polar surface area (TPSA) is 51.2 Å². The van der Waals surface area contributed by atoms with Gasteiger partial charge in [0.15, 0.2) is 0 Å². The van der Waals surface area contributed by atoms with Crippen molar-refractivity contribution in [2.75, 3.05) is 13.2 Å². The lowest BCUT2D eigenvalue weighted by Gasteiger charge is -2.10. The van der Waals surface area contributed by atoms with Crippen molar-refractivity contribution in [1.29, 1.82) is 0 Å².